The zero-order valence-corrected chi connectivity index (χ0v) is 15.9. The molecule has 0 atom stereocenters. The van der Waals surface area contributed by atoms with Crippen molar-refractivity contribution in [1.82, 2.24) is 0 Å². The molecule has 27 heavy (non-hydrogen) atoms. The molecule has 7 nitrogen and oxygen atoms in total. The average molecular weight is 391 g/mol. The number of hydrogen-bond acceptors (Lipinski definition) is 6. The molecule has 2 rings (SSSR count). The van der Waals surface area contributed by atoms with Crippen molar-refractivity contribution in [3.8, 4) is 5.75 Å². The van der Waals surface area contributed by atoms with Crippen molar-refractivity contribution in [1.29, 1.82) is 0 Å². The van der Waals surface area contributed by atoms with E-state index in [2.05, 4.69) is 5.32 Å². The van der Waals surface area contributed by atoms with Gasteiger partial charge in [-0.05, 0) is 48.9 Å². The van der Waals surface area contributed by atoms with E-state index in [1.807, 2.05) is 6.92 Å². The van der Waals surface area contributed by atoms with Crippen LogP contribution in [0.3, 0.4) is 0 Å². The third-order valence-electron chi connectivity index (χ3n) is 3.44. The molecule has 8 heteroatoms. The molecule has 0 saturated heterocycles. The van der Waals surface area contributed by atoms with Crippen molar-refractivity contribution in [2.24, 2.45) is 0 Å². The number of carbonyl (C=O) groups is 2. The van der Waals surface area contributed by atoms with Gasteiger partial charge in [0.15, 0.2) is 16.4 Å². The van der Waals surface area contributed by atoms with Gasteiger partial charge in [0.1, 0.15) is 5.75 Å². The highest BCUT2D eigenvalue weighted by molar-refractivity contribution is 7.90. The summed E-state index contributed by atoms with van der Waals surface area (Å²) in [5.74, 6) is -0.564. The normalized spacial score (nSPS) is 10.9. The number of nitrogens with one attached hydrogen (secondary N) is 1. The van der Waals surface area contributed by atoms with Crippen molar-refractivity contribution in [2.45, 2.75) is 18.2 Å². The minimum Gasteiger partial charge on any atom is -0.494 e. The van der Waals surface area contributed by atoms with Crippen LogP contribution in [-0.2, 0) is 19.4 Å². The number of anilines is 1. The fourth-order valence-corrected chi connectivity index (χ4v) is 2.79. The van der Waals surface area contributed by atoms with Crippen molar-refractivity contribution in [3.63, 3.8) is 0 Å². The molecule has 0 unspecified atom stereocenters. The average Bonchev–Trinajstić information content (AvgIpc) is 2.64. The number of rotatable bonds is 8. The largest absolute Gasteiger partial charge is 0.494 e. The lowest BCUT2D eigenvalue weighted by Crippen LogP contribution is -2.21. The Morgan fingerprint density at radius 2 is 1.78 bits per heavy atom. The Morgan fingerprint density at radius 1 is 1.07 bits per heavy atom. The van der Waals surface area contributed by atoms with Crippen LogP contribution in [0.25, 0.3) is 0 Å². The van der Waals surface area contributed by atoms with Gasteiger partial charge < -0.3 is 14.8 Å². The third kappa shape index (κ3) is 6.41. The monoisotopic (exact) mass is 391 g/mol. The molecule has 2 aromatic carbocycles. The summed E-state index contributed by atoms with van der Waals surface area (Å²) >= 11 is 0. The van der Waals surface area contributed by atoms with Gasteiger partial charge in [0.05, 0.1) is 17.1 Å². The van der Waals surface area contributed by atoms with E-state index >= 15 is 0 Å². The van der Waals surface area contributed by atoms with Crippen LogP contribution in [0.2, 0.25) is 0 Å². The quantitative estimate of drug-likeness (QED) is 0.695. The summed E-state index contributed by atoms with van der Waals surface area (Å²) in [6, 6.07) is 12.3. The molecule has 0 heterocycles. The Hall–Kier alpha value is -2.87. The highest BCUT2D eigenvalue weighted by atomic mass is 32.2. The molecule has 0 saturated carbocycles. The van der Waals surface area contributed by atoms with E-state index in [0.717, 1.165) is 12.7 Å². The van der Waals surface area contributed by atoms with Crippen LogP contribution in [0.5, 0.6) is 5.75 Å². The third-order valence-corrected chi connectivity index (χ3v) is 4.55. The highest BCUT2D eigenvalue weighted by Gasteiger charge is 2.12. The molecule has 0 aromatic heterocycles. The highest BCUT2D eigenvalue weighted by Crippen LogP contribution is 2.16. The number of benzene rings is 2. The first-order valence-electron chi connectivity index (χ1n) is 8.29. The Morgan fingerprint density at radius 3 is 2.41 bits per heavy atom. The second kappa shape index (κ2) is 9.18. The van der Waals surface area contributed by atoms with Gasteiger partial charge in [0.25, 0.3) is 5.91 Å². The lowest BCUT2D eigenvalue weighted by molar-refractivity contribution is -0.119. The van der Waals surface area contributed by atoms with E-state index in [9.17, 15) is 18.0 Å². The molecule has 0 aliphatic carbocycles. The Kier molecular flexibility index (Phi) is 6.95. The standard InChI is InChI=1S/C19H21NO6S/c1-3-11-25-16-9-7-14(8-10-16)19(22)26-13-18(21)20-15-5-4-6-17(12-15)27(2,23)24/h4-10,12H,3,11,13H2,1-2H3,(H,20,21). The van der Waals surface area contributed by atoms with Crippen molar-refractivity contribution in [2.75, 3.05) is 24.8 Å². The first kappa shape index (κ1) is 20.4. The molecular weight excluding hydrogens is 370 g/mol. The summed E-state index contributed by atoms with van der Waals surface area (Å²) < 4.78 is 33.5. The zero-order valence-electron chi connectivity index (χ0n) is 15.1. The smallest absolute Gasteiger partial charge is 0.338 e. The summed E-state index contributed by atoms with van der Waals surface area (Å²) in [4.78, 5) is 24.0. The summed E-state index contributed by atoms with van der Waals surface area (Å²) in [5, 5.41) is 2.49. The molecule has 0 fully saturated rings. The van der Waals surface area contributed by atoms with Gasteiger partial charge >= 0.3 is 5.97 Å². The fourth-order valence-electron chi connectivity index (χ4n) is 2.12. The van der Waals surface area contributed by atoms with Gasteiger partial charge in [0, 0.05) is 11.9 Å². The maximum atomic E-state index is 12.0. The second-order valence-corrected chi connectivity index (χ2v) is 7.81. The summed E-state index contributed by atoms with van der Waals surface area (Å²) in [7, 11) is -3.38. The molecule has 0 aliphatic rings. The van der Waals surface area contributed by atoms with E-state index in [1.165, 1.54) is 18.2 Å². The zero-order chi connectivity index (χ0) is 19.9. The van der Waals surface area contributed by atoms with Gasteiger partial charge in [0.2, 0.25) is 0 Å². The molecule has 0 spiro atoms. The van der Waals surface area contributed by atoms with Crippen LogP contribution in [0.4, 0.5) is 5.69 Å². The fraction of sp³-hybridized carbons (Fsp3) is 0.263. The van der Waals surface area contributed by atoms with Crippen LogP contribution in [-0.4, -0.2) is 39.8 Å². The van der Waals surface area contributed by atoms with Gasteiger partial charge in [-0.25, -0.2) is 13.2 Å². The molecule has 1 N–H and O–H groups in total. The minimum absolute atomic E-state index is 0.0858. The number of ether oxygens (including phenoxy) is 2. The molecule has 0 aliphatic heterocycles. The number of carbonyl (C=O) groups excluding carboxylic acids is 2. The van der Waals surface area contributed by atoms with Crippen molar-refractivity contribution < 1.29 is 27.5 Å². The Bertz CT molecular complexity index is 906. The number of sulfone groups is 1. The molecule has 0 bridgehead atoms. The predicted octanol–water partition coefficient (Wildman–Crippen LogP) is 2.67. The van der Waals surface area contributed by atoms with Gasteiger partial charge in [-0.2, -0.15) is 0 Å². The Labute approximate surface area is 158 Å². The maximum absolute atomic E-state index is 12.0. The predicted molar refractivity (Wildman–Crippen MR) is 101 cm³/mol. The van der Waals surface area contributed by atoms with Crippen LogP contribution in [0.15, 0.2) is 53.4 Å². The maximum Gasteiger partial charge on any atom is 0.338 e. The van der Waals surface area contributed by atoms with Crippen LogP contribution < -0.4 is 10.1 Å². The molecular formula is C19H21NO6S. The number of hydrogen-bond donors (Lipinski definition) is 1. The van der Waals surface area contributed by atoms with E-state index in [0.29, 0.717) is 23.6 Å². The topological polar surface area (TPSA) is 98.8 Å². The molecule has 144 valence electrons. The van der Waals surface area contributed by atoms with Gasteiger partial charge in [-0.15, -0.1) is 0 Å². The van der Waals surface area contributed by atoms with E-state index < -0.39 is 28.3 Å². The summed E-state index contributed by atoms with van der Waals surface area (Å²) in [6.45, 7) is 2.09. The van der Waals surface area contributed by atoms with Crippen LogP contribution >= 0.6 is 0 Å². The number of esters is 1. The second-order valence-electron chi connectivity index (χ2n) is 5.80. The van der Waals surface area contributed by atoms with E-state index in [4.69, 9.17) is 9.47 Å². The van der Waals surface area contributed by atoms with Crippen LogP contribution in [0.1, 0.15) is 23.7 Å². The van der Waals surface area contributed by atoms with Gasteiger partial charge in [-0.3, -0.25) is 4.79 Å². The Balaban J connectivity index is 1.89. The van der Waals surface area contributed by atoms with Crippen molar-refractivity contribution >= 4 is 27.4 Å². The van der Waals surface area contributed by atoms with E-state index in [1.54, 1.807) is 30.3 Å². The summed E-state index contributed by atoms with van der Waals surface area (Å²) in [5.41, 5.74) is 0.599. The van der Waals surface area contributed by atoms with Crippen molar-refractivity contribution in [3.05, 3.63) is 54.1 Å². The summed E-state index contributed by atoms with van der Waals surface area (Å²) in [6.07, 6.45) is 1.96. The molecule has 0 radical (unpaired) electrons. The van der Waals surface area contributed by atoms with Gasteiger partial charge in [-0.1, -0.05) is 13.0 Å². The lowest BCUT2D eigenvalue weighted by Gasteiger charge is -2.08. The first-order valence-corrected chi connectivity index (χ1v) is 10.2. The lowest BCUT2D eigenvalue weighted by atomic mass is 10.2. The molecule has 1 amide bonds. The number of amides is 1. The van der Waals surface area contributed by atoms with Crippen LogP contribution in [0, 0.1) is 0 Å². The first-order chi connectivity index (χ1) is 12.8. The SMILES string of the molecule is CCCOc1ccc(C(=O)OCC(=O)Nc2cccc(S(C)(=O)=O)c2)cc1. The minimum atomic E-state index is -3.38. The molecule has 2 aromatic rings. The van der Waals surface area contributed by atoms with E-state index in [-0.39, 0.29) is 4.90 Å².